The summed E-state index contributed by atoms with van der Waals surface area (Å²) >= 11 is 3.17. The number of rotatable bonds is 2. The molecular weight excluding hydrogens is 192 g/mol. The molecule has 1 rings (SSSR count). The molecule has 10 heavy (non-hydrogen) atoms. The van der Waals surface area contributed by atoms with Crippen LogP contribution in [0.2, 0.25) is 0 Å². The Balaban J connectivity index is 2.87. The van der Waals surface area contributed by atoms with Crippen molar-refractivity contribution in [3.63, 3.8) is 0 Å². The van der Waals surface area contributed by atoms with Gasteiger partial charge in [0, 0.05) is 18.0 Å². The average Bonchev–Trinajstić information content (AvgIpc) is 2.37. The van der Waals surface area contributed by atoms with Gasteiger partial charge in [-0.2, -0.15) is 5.10 Å². The standard InChI is InChI=1S/C7H7BrN2/c1-2-10-6-7(3-4-8)5-9-10/h2-6H,1H2/b4-3+. The van der Waals surface area contributed by atoms with Crippen LogP contribution in [-0.2, 0) is 0 Å². The van der Waals surface area contributed by atoms with Crippen LogP contribution in [0.4, 0.5) is 0 Å². The molecule has 0 saturated carbocycles. The first-order chi connectivity index (χ1) is 4.86. The van der Waals surface area contributed by atoms with E-state index in [9.17, 15) is 0 Å². The quantitative estimate of drug-likeness (QED) is 0.714. The number of aromatic nitrogens is 2. The Morgan fingerprint density at radius 2 is 2.50 bits per heavy atom. The van der Waals surface area contributed by atoms with Gasteiger partial charge < -0.3 is 0 Å². The van der Waals surface area contributed by atoms with Gasteiger partial charge in [0.2, 0.25) is 0 Å². The molecule has 0 saturated heterocycles. The number of halogens is 1. The van der Waals surface area contributed by atoms with E-state index in [1.165, 1.54) is 0 Å². The average molecular weight is 199 g/mol. The van der Waals surface area contributed by atoms with Crippen molar-refractivity contribution in [2.24, 2.45) is 0 Å². The Kier molecular flexibility index (Phi) is 2.45. The first-order valence-corrected chi connectivity index (χ1v) is 3.72. The third-order valence-electron chi connectivity index (χ3n) is 1.06. The lowest BCUT2D eigenvalue weighted by atomic mass is 10.4. The molecule has 1 aromatic rings. The lowest BCUT2D eigenvalue weighted by Crippen LogP contribution is -1.81. The minimum absolute atomic E-state index is 1.05. The molecule has 0 spiro atoms. The summed E-state index contributed by atoms with van der Waals surface area (Å²) in [6.07, 6.45) is 7.20. The van der Waals surface area contributed by atoms with Crippen LogP contribution in [0.3, 0.4) is 0 Å². The first kappa shape index (κ1) is 7.28. The minimum Gasteiger partial charge on any atom is -0.248 e. The van der Waals surface area contributed by atoms with Gasteiger partial charge in [0.25, 0.3) is 0 Å². The van der Waals surface area contributed by atoms with Crippen LogP contribution in [0.1, 0.15) is 5.56 Å². The van der Waals surface area contributed by atoms with Gasteiger partial charge >= 0.3 is 0 Å². The summed E-state index contributed by atoms with van der Waals surface area (Å²) in [5.74, 6) is 0. The van der Waals surface area contributed by atoms with E-state index >= 15 is 0 Å². The summed E-state index contributed by atoms with van der Waals surface area (Å²) in [7, 11) is 0. The second-order valence-electron chi connectivity index (χ2n) is 1.73. The van der Waals surface area contributed by atoms with E-state index in [1.54, 1.807) is 22.1 Å². The van der Waals surface area contributed by atoms with Gasteiger partial charge in [-0.1, -0.05) is 22.5 Å². The Bertz CT molecular complexity index is 250. The smallest absolute Gasteiger partial charge is 0.0566 e. The van der Waals surface area contributed by atoms with Gasteiger partial charge in [-0.15, -0.1) is 0 Å². The van der Waals surface area contributed by atoms with Crippen molar-refractivity contribution in [3.8, 4) is 0 Å². The van der Waals surface area contributed by atoms with Crippen LogP contribution >= 0.6 is 15.9 Å². The molecule has 0 unspecified atom stereocenters. The Morgan fingerprint density at radius 1 is 1.70 bits per heavy atom. The molecular formula is C7H7BrN2. The van der Waals surface area contributed by atoms with Gasteiger partial charge in [0.15, 0.2) is 0 Å². The van der Waals surface area contributed by atoms with Gasteiger partial charge in [0.05, 0.1) is 6.20 Å². The summed E-state index contributed by atoms with van der Waals surface area (Å²) in [4.78, 5) is 1.79. The third-order valence-corrected chi connectivity index (χ3v) is 1.33. The van der Waals surface area contributed by atoms with Crippen molar-refractivity contribution in [3.05, 3.63) is 29.5 Å². The van der Waals surface area contributed by atoms with E-state index in [-0.39, 0.29) is 0 Å². The molecule has 2 nitrogen and oxygen atoms in total. The zero-order chi connectivity index (χ0) is 7.40. The van der Waals surface area contributed by atoms with Crippen molar-refractivity contribution < 1.29 is 0 Å². The Morgan fingerprint density at radius 3 is 3.00 bits per heavy atom. The van der Waals surface area contributed by atoms with Gasteiger partial charge in [-0.3, -0.25) is 0 Å². The second kappa shape index (κ2) is 3.37. The van der Waals surface area contributed by atoms with Crippen LogP contribution in [-0.4, -0.2) is 9.78 Å². The summed E-state index contributed by atoms with van der Waals surface area (Å²) in [5.41, 5.74) is 1.05. The highest BCUT2D eigenvalue weighted by atomic mass is 79.9. The molecule has 3 heteroatoms. The molecule has 0 amide bonds. The van der Waals surface area contributed by atoms with Crippen molar-refractivity contribution >= 4 is 28.2 Å². The molecule has 1 heterocycles. The number of nitrogens with zero attached hydrogens (tertiary/aromatic N) is 2. The first-order valence-electron chi connectivity index (χ1n) is 2.80. The van der Waals surface area contributed by atoms with E-state index in [2.05, 4.69) is 27.6 Å². The van der Waals surface area contributed by atoms with Gasteiger partial charge in [-0.05, 0) is 11.1 Å². The normalized spacial score (nSPS) is 10.5. The Labute approximate surface area is 68.0 Å². The van der Waals surface area contributed by atoms with Crippen molar-refractivity contribution in [2.45, 2.75) is 0 Å². The van der Waals surface area contributed by atoms with Crippen LogP contribution in [0.25, 0.3) is 12.3 Å². The van der Waals surface area contributed by atoms with E-state index in [0.717, 1.165) is 5.56 Å². The molecule has 0 N–H and O–H groups in total. The minimum atomic E-state index is 1.05. The second-order valence-corrected chi connectivity index (χ2v) is 2.26. The molecule has 0 fully saturated rings. The highest BCUT2D eigenvalue weighted by molar-refractivity contribution is 9.11. The predicted octanol–water partition coefficient (Wildman–Crippen LogP) is 2.35. The van der Waals surface area contributed by atoms with E-state index < -0.39 is 0 Å². The molecule has 52 valence electrons. The number of hydrogen-bond acceptors (Lipinski definition) is 1. The SMILES string of the molecule is C=Cn1cc(/C=C/Br)cn1. The largest absolute Gasteiger partial charge is 0.248 e. The number of hydrogen-bond donors (Lipinski definition) is 0. The predicted molar refractivity (Wildman–Crippen MR) is 46.6 cm³/mol. The summed E-state index contributed by atoms with van der Waals surface area (Å²) in [5, 5.41) is 3.98. The fraction of sp³-hybridized carbons (Fsp3) is 0. The van der Waals surface area contributed by atoms with Crippen molar-refractivity contribution in [1.29, 1.82) is 0 Å². The lowest BCUT2D eigenvalue weighted by Gasteiger charge is -1.82. The molecule has 0 bridgehead atoms. The molecule has 0 radical (unpaired) electrons. The third kappa shape index (κ3) is 1.57. The maximum Gasteiger partial charge on any atom is 0.0566 e. The maximum atomic E-state index is 3.98. The Hall–Kier alpha value is -0.830. The topological polar surface area (TPSA) is 17.8 Å². The van der Waals surface area contributed by atoms with Gasteiger partial charge in [0.1, 0.15) is 0 Å². The monoisotopic (exact) mass is 198 g/mol. The summed E-state index contributed by atoms with van der Waals surface area (Å²) < 4.78 is 1.66. The van der Waals surface area contributed by atoms with Crippen LogP contribution in [0, 0.1) is 0 Å². The molecule has 0 aliphatic carbocycles. The maximum absolute atomic E-state index is 3.98. The highest BCUT2D eigenvalue weighted by Gasteiger charge is 1.88. The van der Waals surface area contributed by atoms with E-state index in [0.29, 0.717) is 0 Å². The van der Waals surface area contributed by atoms with Crippen LogP contribution < -0.4 is 0 Å². The van der Waals surface area contributed by atoms with Crippen LogP contribution in [0.15, 0.2) is 24.0 Å². The zero-order valence-corrected chi connectivity index (χ0v) is 6.95. The summed E-state index contributed by atoms with van der Waals surface area (Å²) in [6, 6.07) is 0. The summed E-state index contributed by atoms with van der Waals surface area (Å²) in [6.45, 7) is 3.57. The van der Waals surface area contributed by atoms with E-state index in [4.69, 9.17) is 0 Å². The molecule has 0 aromatic carbocycles. The molecule has 0 aliphatic heterocycles. The van der Waals surface area contributed by atoms with E-state index in [1.807, 2.05) is 12.3 Å². The lowest BCUT2D eigenvalue weighted by molar-refractivity contribution is 0.937. The van der Waals surface area contributed by atoms with Crippen LogP contribution in [0.5, 0.6) is 0 Å². The van der Waals surface area contributed by atoms with Crippen molar-refractivity contribution in [2.75, 3.05) is 0 Å². The fourth-order valence-electron chi connectivity index (χ4n) is 0.611. The zero-order valence-electron chi connectivity index (χ0n) is 5.37. The van der Waals surface area contributed by atoms with Gasteiger partial charge in [-0.25, -0.2) is 4.68 Å². The van der Waals surface area contributed by atoms with Crippen molar-refractivity contribution in [1.82, 2.24) is 9.78 Å². The molecule has 0 aliphatic rings. The highest BCUT2D eigenvalue weighted by Crippen LogP contribution is 2.01. The fourth-order valence-corrected chi connectivity index (χ4v) is 0.917. The molecule has 1 aromatic heterocycles. The molecule has 0 atom stereocenters.